The summed E-state index contributed by atoms with van der Waals surface area (Å²) in [5.74, 6) is 0.457. The lowest BCUT2D eigenvalue weighted by molar-refractivity contribution is -0.141. The van der Waals surface area contributed by atoms with Crippen LogP contribution in [0.4, 0.5) is 13.2 Å². The molecule has 0 saturated carbocycles. The molecule has 1 fully saturated rings. The van der Waals surface area contributed by atoms with Crippen molar-refractivity contribution in [3.8, 4) is 5.75 Å². The molecule has 2 aromatic carbocycles. The fraction of sp³-hybridized carbons (Fsp3) is 0.448. The van der Waals surface area contributed by atoms with Gasteiger partial charge in [0.2, 0.25) is 0 Å². The van der Waals surface area contributed by atoms with Gasteiger partial charge in [0.1, 0.15) is 5.75 Å². The molecule has 0 spiro atoms. The van der Waals surface area contributed by atoms with Gasteiger partial charge in [0, 0.05) is 28.8 Å². The molecule has 0 bridgehead atoms. The Morgan fingerprint density at radius 2 is 1.95 bits per heavy atom. The van der Waals surface area contributed by atoms with Crippen molar-refractivity contribution >= 4 is 40.2 Å². The lowest BCUT2D eigenvalue weighted by Crippen LogP contribution is -2.42. The van der Waals surface area contributed by atoms with Gasteiger partial charge in [0.15, 0.2) is 0 Å². The van der Waals surface area contributed by atoms with Crippen molar-refractivity contribution in [3.05, 3.63) is 64.8 Å². The van der Waals surface area contributed by atoms with Gasteiger partial charge in [-0.25, -0.2) is 0 Å². The molecule has 10 heteroatoms. The first-order valence-electron chi connectivity index (χ1n) is 12.9. The molecule has 3 aromatic rings. The topological polar surface area (TPSA) is 62.7 Å². The summed E-state index contributed by atoms with van der Waals surface area (Å²) in [6, 6.07) is 11.3. The Morgan fingerprint density at radius 1 is 1.21 bits per heavy atom. The molecule has 4 rings (SSSR count). The van der Waals surface area contributed by atoms with Gasteiger partial charge in [-0.3, -0.25) is 9.78 Å². The molecule has 2 heterocycles. The van der Waals surface area contributed by atoms with Gasteiger partial charge in [-0.2, -0.15) is 13.2 Å². The first-order chi connectivity index (χ1) is 18.6. The maximum absolute atomic E-state index is 13.3. The minimum absolute atomic E-state index is 0.104. The van der Waals surface area contributed by atoms with Gasteiger partial charge in [0.05, 0.1) is 29.6 Å². The largest absolute Gasteiger partial charge is 0.497 e. The van der Waals surface area contributed by atoms with Gasteiger partial charge >= 0.3 is 12.1 Å². The van der Waals surface area contributed by atoms with Crippen molar-refractivity contribution in [1.82, 2.24) is 9.88 Å². The lowest BCUT2D eigenvalue weighted by Gasteiger charge is -2.41. The van der Waals surface area contributed by atoms with Gasteiger partial charge < -0.3 is 14.7 Å². The number of carbonyl (C=O) groups is 1. The quantitative estimate of drug-likeness (QED) is 0.236. The summed E-state index contributed by atoms with van der Waals surface area (Å²) >= 11 is 7.73. The zero-order valence-corrected chi connectivity index (χ0v) is 23.3. The van der Waals surface area contributed by atoms with Crippen molar-refractivity contribution in [2.45, 2.75) is 49.6 Å². The number of hydrogen-bond donors (Lipinski definition) is 1. The highest BCUT2D eigenvalue weighted by Gasteiger charge is 2.36. The number of piperidine rings is 1. The van der Waals surface area contributed by atoms with Gasteiger partial charge in [-0.05, 0) is 86.5 Å². The number of ether oxygens (including phenoxy) is 1. The van der Waals surface area contributed by atoms with Gasteiger partial charge in [0.25, 0.3) is 0 Å². The molecule has 5 nitrogen and oxygen atoms in total. The van der Waals surface area contributed by atoms with E-state index in [4.69, 9.17) is 16.3 Å². The molecular weight excluding hydrogens is 549 g/mol. The van der Waals surface area contributed by atoms with Crippen molar-refractivity contribution in [2.24, 2.45) is 5.41 Å². The number of methoxy groups -OCH3 is 1. The third-order valence-electron chi connectivity index (χ3n) is 7.57. The summed E-state index contributed by atoms with van der Waals surface area (Å²) in [4.78, 5) is 18.6. The van der Waals surface area contributed by atoms with E-state index in [0.29, 0.717) is 23.7 Å². The standard InChI is InChI=1S/C29H32ClF3N2O3S/c1-38-20-8-9-25-22(17-20)21(24(30)19-34-25)5-4-10-28(18-27(36)37)11-13-35(14-12-28)15-16-39-26-7-3-2-6-23(26)29(31,32)33/h2-3,6-9,17,19H,4-5,10-16,18H2,1H3,(H,36,37). The summed E-state index contributed by atoms with van der Waals surface area (Å²) in [5.41, 5.74) is 0.902. The van der Waals surface area contributed by atoms with Crippen molar-refractivity contribution in [1.29, 1.82) is 0 Å². The Bertz CT molecular complexity index is 1300. The van der Waals surface area contributed by atoms with Crippen LogP contribution in [0.25, 0.3) is 10.9 Å². The highest BCUT2D eigenvalue weighted by Crippen LogP contribution is 2.41. The van der Waals surface area contributed by atoms with Crippen molar-refractivity contribution in [3.63, 3.8) is 0 Å². The van der Waals surface area contributed by atoms with Crippen molar-refractivity contribution < 1.29 is 27.8 Å². The summed E-state index contributed by atoms with van der Waals surface area (Å²) in [7, 11) is 1.61. The smallest absolute Gasteiger partial charge is 0.417 e. The first-order valence-corrected chi connectivity index (χ1v) is 14.3. The maximum atomic E-state index is 13.3. The van der Waals surface area contributed by atoms with Crippen LogP contribution in [-0.4, -0.2) is 53.5 Å². The fourth-order valence-electron chi connectivity index (χ4n) is 5.42. The molecule has 39 heavy (non-hydrogen) atoms. The summed E-state index contributed by atoms with van der Waals surface area (Å²) in [6.07, 6.45) is 1.10. The van der Waals surface area contributed by atoms with Crippen LogP contribution in [0.3, 0.4) is 0 Å². The lowest BCUT2D eigenvalue weighted by atomic mass is 9.72. The average molecular weight is 581 g/mol. The SMILES string of the molecule is COc1ccc2ncc(Cl)c(CCCC3(CC(=O)O)CCN(CCSc4ccccc4C(F)(F)F)CC3)c2c1. The molecule has 0 atom stereocenters. The average Bonchev–Trinajstić information content (AvgIpc) is 2.90. The molecule has 1 saturated heterocycles. The molecular formula is C29H32ClF3N2O3S. The van der Waals surface area contributed by atoms with E-state index in [1.54, 1.807) is 19.4 Å². The van der Waals surface area contributed by atoms with Gasteiger partial charge in [-0.1, -0.05) is 23.7 Å². The number of halogens is 4. The summed E-state index contributed by atoms with van der Waals surface area (Å²) in [5, 5.41) is 11.2. The zero-order chi connectivity index (χ0) is 28.0. The molecule has 0 radical (unpaired) electrons. The summed E-state index contributed by atoms with van der Waals surface area (Å²) in [6.45, 7) is 2.11. The second-order valence-corrected chi connectivity index (χ2v) is 11.6. The van der Waals surface area contributed by atoms with Gasteiger partial charge in [-0.15, -0.1) is 11.8 Å². The molecule has 1 aliphatic rings. The molecule has 1 aromatic heterocycles. The van der Waals surface area contributed by atoms with E-state index in [-0.39, 0.29) is 16.7 Å². The van der Waals surface area contributed by atoms with Crippen LogP contribution in [0.2, 0.25) is 5.02 Å². The number of nitrogens with zero attached hydrogens (tertiary/aromatic N) is 2. The molecule has 1 N–H and O–H groups in total. The second kappa shape index (κ2) is 12.8. The van der Waals surface area contributed by atoms with Crippen molar-refractivity contribution in [2.75, 3.05) is 32.5 Å². The number of aryl methyl sites for hydroxylation is 1. The number of thioether (sulfide) groups is 1. The molecule has 0 aliphatic carbocycles. The normalized spacial score (nSPS) is 15.9. The highest BCUT2D eigenvalue weighted by molar-refractivity contribution is 7.99. The van der Waals surface area contributed by atoms with Crippen LogP contribution in [-0.2, 0) is 17.4 Å². The van der Waals surface area contributed by atoms with E-state index in [1.165, 1.54) is 23.9 Å². The van der Waals surface area contributed by atoms with Crippen LogP contribution < -0.4 is 4.74 Å². The Labute approximate surface area is 235 Å². The minimum Gasteiger partial charge on any atom is -0.497 e. The van der Waals surface area contributed by atoms with E-state index >= 15 is 0 Å². The number of pyridine rings is 1. The van der Waals surface area contributed by atoms with E-state index in [1.807, 2.05) is 18.2 Å². The number of aromatic nitrogens is 1. The number of carboxylic acid groups (broad SMARTS) is 1. The monoisotopic (exact) mass is 580 g/mol. The molecule has 0 unspecified atom stereocenters. The summed E-state index contributed by atoms with van der Waals surface area (Å²) < 4.78 is 45.2. The van der Waals surface area contributed by atoms with E-state index < -0.39 is 17.7 Å². The molecule has 0 amide bonds. The number of likely N-dealkylation sites (tertiary alicyclic amines) is 1. The molecule has 1 aliphatic heterocycles. The number of aliphatic carboxylic acids is 1. The number of hydrogen-bond acceptors (Lipinski definition) is 5. The Kier molecular flexibility index (Phi) is 9.67. The van der Waals surface area contributed by atoms with Crippen LogP contribution in [0.15, 0.2) is 53.6 Å². The van der Waals surface area contributed by atoms with Crippen LogP contribution in [0, 0.1) is 5.41 Å². The third-order valence-corrected chi connectivity index (χ3v) is 8.95. The van der Waals surface area contributed by atoms with Crippen LogP contribution in [0.5, 0.6) is 5.75 Å². The number of rotatable bonds is 11. The van der Waals surface area contributed by atoms with Crippen LogP contribution in [0.1, 0.15) is 43.2 Å². The first kappa shape index (κ1) is 29.5. The predicted molar refractivity (Wildman–Crippen MR) is 149 cm³/mol. The van der Waals surface area contributed by atoms with E-state index in [0.717, 1.165) is 67.1 Å². The number of benzene rings is 2. The minimum atomic E-state index is -4.37. The number of alkyl halides is 3. The number of fused-ring (bicyclic) bond motifs is 1. The van der Waals surface area contributed by atoms with E-state index in [9.17, 15) is 23.1 Å². The highest BCUT2D eigenvalue weighted by atomic mass is 35.5. The molecule has 210 valence electrons. The van der Waals surface area contributed by atoms with Crippen LogP contribution >= 0.6 is 23.4 Å². The Balaban J connectivity index is 1.35. The zero-order valence-electron chi connectivity index (χ0n) is 21.8. The Morgan fingerprint density at radius 3 is 2.64 bits per heavy atom. The third kappa shape index (κ3) is 7.58. The predicted octanol–water partition coefficient (Wildman–Crippen LogP) is 7.59. The van der Waals surface area contributed by atoms with E-state index in [2.05, 4.69) is 9.88 Å². The maximum Gasteiger partial charge on any atom is 0.417 e. The second-order valence-electron chi connectivity index (χ2n) is 10.1. The Hall–Kier alpha value is -2.49. The fourth-order valence-corrected chi connectivity index (χ4v) is 6.75. The number of carboxylic acids is 1.